The van der Waals surface area contributed by atoms with Crippen molar-refractivity contribution in [3.63, 3.8) is 0 Å². The van der Waals surface area contributed by atoms with Gasteiger partial charge in [-0.05, 0) is 19.8 Å². The molecule has 0 atom stereocenters. The molecule has 0 aliphatic heterocycles. The number of carbonyl (C=O) groups is 1. The second-order valence-corrected chi connectivity index (χ2v) is 7.39. The van der Waals surface area contributed by atoms with Crippen molar-refractivity contribution in [2.24, 2.45) is 0 Å². The summed E-state index contributed by atoms with van der Waals surface area (Å²) < 4.78 is 28.5. The normalized spacial score (nSPS) is 15.3. The second kappa shape index (κ2) is 5.01. The lowest BCUT2D eigenvalue weighted by molar-refractivity contribution is 0.0533. The molecule has 0 saturated heterocycles. The molecule has 1 saturated carbocycles. The van der Waals surface area contributed by atoms with Crippen LogP contribution in [-0.2, 0) is 14.6 Å². The number of hydrogen-bond acceptors (Lipinski definition) is 7. The molecule has 6 nitrogen and oxygen atoms in total. The van der Waals surface area contributed by atoms with Crippen LogP contribution in [0.4, 0.5) is 10.7 Å². The standard InChI is InChI=1S/C11H16N2O4S2/c1-3-17-11(14)8-7(12)9(19(2,15)16)10(18-8)13-6-4-5-6/h6,13H,3-5,12H2,1-2H3. The van der Waals surface area contributed by atoms with E-state index in [-0.39, 0.29) is 28.1 Å². The monoisotopic (exact) mass is 304 g/mol. The fourth-order valence-corrected chi connectivity index (χ4v) is 4.18. The smallest absolute Gasteiger partial charge is 0.350 e. The van der Waals surface area contributed by atoms with Gasteiger partial charge in [0.25, 0.3) is 0 Å². The molecule has 3 N–H and O–H groups in total. The van der Waals surface area contributed by atoms with Gasteiger partial charge in [0, 0.05) is 12.3 Å². The van der Waals surface area contributed by atoms with Gasteiger partial charge < -0.3 is 15.8 Å². The number of nitrogens with one attached hydrogen (secondary N) is 1. The van der Waals surface area contributed by atoms with Crippen LogP contribution in [-0.4, -0.2) is 33.3 Å². The first kappa shape index (κ1) is 14.1. The Morgan fingerprint density at radius 3 is 2.63 bits per heavy atom. The van der Waals surface area contributed by atoms with Gasteiger partial charge in [-0.3, -0.25) is 0 Å². The summed E-state index contributed by atoms with van der Waals surface area (Å²) in [4.78, 5) is 11.9. The summed E-state index contributed by atoms with van der Waals surface area (Å²) in [7, 11) is -3.49. The van der Waals surface area contributed by atoms with E-state index in [1.54, 1.807) is 6.92 Å². The molecule has 0 spiro atoms. The van der Waals surface area contributed by atoms with Crippen LogP contribution in [0.2, 0.25) is 0 Å². The molecular weight excluding hydrogens is 288 g/mol. The fourth-order valence-electron chi connectivity index (χ4n) is 1.65. The number of anilines is 2. The molecule has 1 aromatic rings. The molecule has 1 fully saturated rings. The van der Waals surface area contributed by atoms with Crippen molar-refractivity contribution in [3.8, 4) is 0 Å². The summed E-state index contributed by atoms with van der Waals surface area (Å²) in [5, 5.41) is 3.54. The maximum absolute atomic E-state index is 11.8. The summed E-state index contributed by atoms with van der Waals surface area (Å²) in [6.07, 6.45) is 3.07. The van der Waals surface area contributed by atoms with E-state index in [0.717, 1.165) is 30.4 Å². The van der Waals surface area contributed by atoms with E-state index in [9.17, 15) is 13.2 Å². The van der Waals surface area contributed by atoms with Crippen LogP contribution in [0.25, 0.3) is 0 Å². The summed E-state index contributed by atoms with van der Waals surface area (Å²) in [5.74, 6) is -0.584. The topological polar surface area (TPSA) is 98.5 Å². The summed E-state index contributed by atoms with van der Waals surface area (Å²) in [5.41, 5.74) is 5.79. The molecule has 0 amide bonds. The lowest BCUT2D eigenvalue weighted by atomic mass is 10.4. The van der Waals surface area contributed by atoms with Crippen LogP contribution in [0.1, 0.15) is 29.4 Å². The molecule has 8 heteroatoms. The number of ether oxygens (including phenoxy) is 1. The quantitative estimate of drug-likeness (QED) is 0.800. The van der Waals surface area contributed by atoms with Crippen molar-refractivity contribution in [3.05, 3.63) is 4.88 Å². The van der Waals surface area contributed by atoms with Gasteiger partial charge in [-0.25, -0.2) is 13.2 Å². The Morgan fingerprint density at radius 2 is 2.16 bits per heavy atom. The van der Waals surface area contributed by atoms with Crippen molar-refractivity contribution in [1.29, 1.82) is 0 Å². The Kier molecular flexibility index (Phi) is 3.73. The molecular formula is C11H16N2O4S2. The van der Waals surface area contributed by atoms with Gasteiger partial charge in [0.15, 0.2) is 9.84 Å². The maximum Gasteiger partial charge on any atom is 0.350 e. The zero-order valence-corrected chi connectivity index (χ0v) is 12.4. The fraction of sp³-hybridized carbons (Fsp3) is 0.545. The summed E-state index contributed by atoms with van der Waals surface area (Å²) in [6.45, 7) is 1.90. The number of nitrogen functional groups attached to an aromatic ring is 1. The van der Waals surface area contributed by atoms with Crippen LogP contribution < -0.4 is 11.1 Å². The average molecular weight is 304 g/mol. The van der Waals surface area contributed by atoms with Crippen LogP contribution >= 0.6 is 11.3 Å². The van der Waals surface area contributed by atoms with Gasteiger partial charge in [-0.2, -0.15) is 0 Å². The van der Waals surface area contributed by atoms with Gasteiger partial charge >= 0.3 is 5.97 Å². The number of hydrogen-bond donors (Lipinski definition) is 2. The molecule has 0 bridgehead atoms. The average Bonchev–Trinajstić information content (AvgIpc) is 3.01. The highest BCUT2D eigenvalue weighted by molar-refractivity contribution is 7.91. The first-order valence-electron chi connectivity index (χ1n) is 5.90. The lowest BCUT2D eigenvalue weighted by Crippen LogP contribution is -2.08. The molecule has 1 aliphatic carbocycles. The lowest BCUT2D eigenvalue weighted by Gasteiger charge is -2.04. The van der Waals surface area contributed by atoms with Crippen LogP contribution in [0.5, 0.6) is 0 Å². The molecule has 1 heterocycles. The van der Waals surface area contributed by atoms with E-state index in [1.165, 1.54) is 0 Å². The van der Waals surface area contributed by atoms with Crippen molar-refractivity contribution in [2.45, 2.75) is 30.7 Å². The van der Waals surface area contributed by atoms with Gasteiger partial charge in [0.1, 0.15) is 14.8 Å². The molecule has 19 heavy (non-hydrogen) atoms. The highest BCUT2D eigenvalue weighted by Gasteiger charge is 2.31. The largest absolute Gasteiger partial charge is 0.462 e. The first-order valence-corrected chi connectivity index (χ1v) is 8.61. The predicted octanol–water partition coefficient (Wildman–Crippen LogP) is 1.48. The third kappa shape index (κ3) is 3.01. The van der Waals surface area contributed by atoms with E-state index in [2.05, 4.69) is 5.32 Å². The van der Waals surface area contributed by atoms with Gasteiger partial charge in [-0.15, -0.1) is 11.3 Å². The number of sulfone groups is 1. The Hall–Kier alpha value is -1.28. The van der Waals surface area contributed by atoms with Gasteiger partial charge in [0.05, 0.1) is 12.3 Å². The Morgan fingerprint density at radius 1 is 1.53 bits per heavy atom. The van der Waals surface area contributed by atoms with E-state index in [0.29, 0.717) is 5.00 Å². The summed E-state index contributed by atoms with van der Waals surface area (Å²) in [6, 6.07) is 0.272. The number of nitrogens with two attached hydrogens (primary N) is 1. The molecule has 0 radical (unpaired) electrons. The Balaban J connectivity index is 2.46. The zero-order valence-electron chi connectivity index (χ0n) is 10.7. The molecule has 1 aliphatic rings. The number of carbonyl (C=O) groups excluding carboxylic acids is 1. The summed E-state index contributed by atoms with van der Waals surface area (Å²) >= 11 is 1.04. The van der Waals surface area contributed by atoms with Gasteiger partial charge in [-0.1, -0.05) is 0 Å². The van der Waals surface area contributed by atoms with Crippen LogP contribution in [0, 0.1) is 0 Å². The first-order chi connectivity index (χ1) is 8.84. The van der Waals surface area contributed by atoms with Crippen molar-refractivity contribution in [2.75, 3.05) is 23.9 Å². The zero-order chi connectivity index (χ0) is 14.2. The minimum Gasteiger partial charge on any atom is -0.462 e. The minimum absolute atomic E-state index is 0.00690. The number of thiophene rings is 1. The third-order valence-corrected chi connectivity index (χ3v) is 5.06. The van der Waals surface area contributed by atoms with E-state index in [1.807, 2.05) is 0 Å². The van der Waals surface area contributed by atoms with Crippen LogP contribution in [0.15, 0.2) is 4.90 Å². The van der Waals surface area contributed by atoms with E-state index < -0.39 is 15.8 Å². The van der Waals surface area contributed by atoms with Crippen molar-refractivity contribution >= 4 is 37.8 Å². The minimum atomic E-state index is -3.49. The van der Waals surface area contributed by atoms with E-state index in [4.69, 9.17) is 10.5 Å². The Labute approximate surface area is 115 Å². The SMILES string of the molecule is CCOC(=O)c1sc(NC2CC2)c(S(C)(=O)=O)c1N. The number of esters is 1. The Bertz CT molecular complexity index is 602. The highest BCUT2D eigenvalue weighted by Crippen LogP contribution is 2.41. The highest BCUT2D eigenvalue weighted by atomic mass is 32.2. The molecule has 0 unspecified atom stereocenters. The molecule has 1 aromatic heterocycles. The van der Waals surface area contributed by atoms with Crippen molar-refractivity contribution in [1.82, 2.24) is 0 Å². The maximum atomic E-state index is 11.8. The molecule has 2 rings (SSSR count). The van der Waals surface area contributed by atoms with Crippen LogP contribution in [0.3, 0.4) is 0 Å². The third-order valence-electron chi connectivity index (χ3n) is 2.64. The predicted molar refractivity (Wildman–Crippen MR) is 74.4 cm³/mol. The van der Waals surface area contributed by atoms with Gasteiger partial charge in [0.2, 0.25) is 0 Å². The van der Waals surface area contributed by atoms with E-state index >= 15 is 0 Å². The second-order valence-electron chi connectivity index (χ2n) is 4.41. The molecule has 0 aromatic carbocycles. The van der Waals surface area contributed by atoms with Crippen molar-refractivity contribution < 1.29 is 17.9 Å². The molecule has 106 valence electrons. The number of rotatable bonds is 5.